The van der Waals surface area contributed by atoms with Gasteiger partial charge in [0.2, 0.25) is 0 Å². The lowest BCUT2D eigenvalue weighted by molar-refractivity contribution is -0.147. The van der Waals surface area contributed by atoms with Crippen LogP contribution in [0.15, 0.2) is 72.8 Å². The Kier molecular flexibility index (Phi) is 9.53. The minimum atomic E-state index is -0.499. The van der Waals surface area contributed by atoms with Crippen molar-refractivity contribution in [1.29, 1.82) is 0 Å². The zero-order valence-corrected chi connectivity index (χ0v) is 20.6. The SMILES string of the molecule is CCCc1cc(OC)c(CC(C(=O)OC)N(Cc2ccccc2)Cc2ccccc2)cc1OC. The maximum atomic E-state index is 13.1. The summed E-state index contributed by atoms with van der Waals surface area (Å²) in [6, 6.07) is 23.9. The van der Waals surface area contributed by atoms with Gasteiger partial charge in [0.15, 0.2) is 0 Å². The van der Waals surface area contributed by atoms with Crippen molar-refractivity contribution in [3.8, 4) is 11.5 Å². The van der Waals surface area contributed by atoms with E-state index in [2.05, 4.69) is 36.1 Å². The van der Waals surface area contributed by atoms with Crippen molar-refractivity contribution in [2.75, 3.05) is 21.3 Å². The number of carbonyl (C=O) groups is 1. The molecule has 0 fully saturated rings. The molecule has 0 saturated heterocycles. The predicted molar refractivity (Wildman–Crippen MR) is 135 cm³/mol. The molecule has 34 heavy (non-hydrogen) atoms. The molecule has 0 radical (unpaired) electrons. The van der Waals surface area contributed by atoms with Gasteiger partial charge in [-0.15, -0.1) is 0 Å². The summed E-state index contributed by atoms with van der Waals surface area (Å²) in [7, 11) is 4.79. The smallest absolute Gasteiger partial charge is 0.323 e. The number of hydrogen-bond acceptors (Lipinski definition) is 5. The zero-order chi connectivity index (χ0) is 24.3. The summed E-state index contributed by atoms with van der Waals surface area (Å²) in [5, 5.41) is 0. The maximum Gasteiger partial charge on any atom is 0.323 e. The fourth-order valence-electron chi connectivity index (χ4n) is 4.27. The number of carbonyl (C=O) groups excluding carboxylic acids is 1. The first-order valence-electron chi connectivity index (χ1n) is 11.7. The lowest BCUT2D eigenvalue weighted by atomic mass is 9.98. The average Bonchev–Trinajstić information content (AvgIpc) is 2.88. The molecular weight excluding hydrogens is 426 g/mol. The summed E-state index contributed by atoms with van der Waals surface area (Å²) in [6.45, 7) is 3.36. The molecular formula is C29H35NO4. The van der Waals surface area contributed by atoms with Crippen LogP contribution in [0.3, 0.4) is 0 Å². The monoisotopic (exact) mass is 461 g/mol. The van der Waals surface area contributed by atoms with E-state index in [9.17, 15) is 4.79 Å². The van der Waals surface area contributed by atoms with Gasteiger partial charge in [0.05, 0.1) is 21.3 Å². The van der Waals surface area contributed by atoms with Crippen molar-refractivity contribution < 1.29 is 19.0 Å². The molecule has 3 rings (SSSR count). The Balaban J connectivity index is 2.00. The summed E-state index contributed by atoms with van der Waals surface area (Å²) in [6.07, 6.45) is 2.35. The second-order valence-electron chi connectivity index (χ2n) is 8.35. The molecule has 1 unspecified atom stereocenters. The van der Waals surface area contributed by atoms with Crippen LogP contribution >= 0.6 is 0 Å². The van der Waals surface area contributed by atoms with Crippen molar-refractivity contribution in [2.45, 2.75) is 45.3 Å². The van der Waals surface area contributed by atoms with Crippen molar-refractivity contribution >= 4 is 5.97 Å². The van der Waals surface area contributed by atoms with Gasteiger partial charge in [0.25, 0.3) is 0 Å². The van der Waals surface area contributed by atoms with Crippen LogP contribution in [-0.4, -0.2) is 38.2 Å². The number of esters is 1. The number of nitrogens with zero attached hydrogens (tertiary/aromatic N) is 1. The van der Waals surface area contributed by atoms with Crippen LogP contribution in [-0.2, 0) is 35.5 Å². The quantitative estimate of drug-likeness (QED) is 0.336. The Morgan fingerprint density at radius 2 is 1.29 bits per heavy atom. The minimum Gasteiger partial charge on any atom is -0.496 e. The molecule has 0 heterocycles. The highest BCUT2D eigenvalue weighted by Crippen LogP contribution is 2.32. The van der Waals surface area contributed by atoms with Crippen LogP contribution in [0.25, 0.3) is 0 Å². The predicted octanol–water partition coefficient (Wildman–Crippen LogP) is 5.44. The van der Waals surface area contributed by atoms with E-state index < -0.39 is 6.04 Å². The van der Waals surface area contributed by atoms with Gasteiger partial charge in [0, 0.05) is 19.5 Å². The third-order valence-corrected chi connectivity index (χ3v) is 5.99. The molecule has 0 amide bonds. The first-order valence-corrected chi connectivity index (χ1v) is 11.7. The summed E-state index contributed by atoms with van der Waals surface area (Å²) in [4.78, 5) is 15.3. The Bertz CT molecular complexity index is 995. The molecule has 1 atom stereocenters. The maximum absolute atomic E-state index is 13.1. The van der Waals surface area contributed by atoms with Crippen LogP contribution in [0.1, 0.15) is 35.6 Å². The molecule has 3 aromatic carbocycles. The van der Waals surface area contributed by atoms with Gasteiger partial charge < -0.3 is 14.2 Å². The Hall–Kier alpha value is -3.31. The molecule has 0 aliphatic carbocycles. The van der Waals surface area contributed by atoms with Gasteiger partial charge in [-0.05, 0) is 40.8 Å². The molecule has 5 nitrogen and oxygen atoms in total. The fraction of sp³-hybridized carbons (Fsp3) is 0.345. The number of benzene rings is 3. The van der Waals surface area contributed by atoms with Crippen molar-refractivity contribution in [2.24, 2.45) is 0 Å². The van der Waals surface area contributed by atoms with E-state index >= 15 is 0 Å². The molecule has 0 bridgehead atoms. The molecule has 0 saturated carbocycles. The van der Waals surface area contributed by atoms with E-state index in [4.69, 9.17) is 14.2 Å². The number of hydrogen-bond donors (Lipinski definition) is 0. The minimum absolute atomic E-state index is 0.273. The molecule has 0 aromatic heterocycles. The Labute approximate surface area is 203 Å². The Morgan fingerprint density at radius 3 is 1.76 bits per heavy atom. The fourth-order valence-corrected chi connectivity index (χ4v) is 4.27. The summed E-state index contributed by atoms with van der Waals surface area (Å²) < 4.78 is 16.7. The van der Waals surface area contributed by atoms with Crippen molar-refractivity contribution in [1.82, 2.24) is 4.90 Å². The van der Waals surface area contributed by atoms with Crippen molar-refractivity contribution in [3.05, 3.63) is 95.1 Å². The van der Waals surface area contributed by atoms with Crippen LogP contribution < -0.4 is 9.47 Å². The first kappa shape index (κ1) is 25.3. The highest BCUT2D eigenvalue weighted by Gasteiger charge is 2.29. The lowest BCUT2D eigenvalue weighted by Crippen LogP contribution is -2.42. The standard InChI is InChI=1S/C29H35NO4/c1-5-12-24-18-28(33-3)25(19-27(24)32-2)17-26(29(31)34-4)30(20-22-13-8-6-9-14-22)21-23-15-10-7-11-16-23/h6-11,13-16,18-19,26H,5,12,17,20-21H2,1-4H3. The van der Waals surface area contributed by atoms with Gasteiger partial charge in [-0.25, -0.2) is 0 Å². The van der Waals surface area contributed by atoms with Crippen LogP contribution in [0.2, 0.25) is 0 Å². The van der Waals surface area contributed by atoms with Gasteiger partial charge >= 0.3 is 5.97 Å². The molecule has 5 heteroatoms. The van der Waals surface area contributed by atoms with Gasteiger partial charge in [-0.1, -0.05) is 74.0 Å². The third kappa shape index (κ3) is 6.61. The zero-order valence-electron chi connectivity index (χ0n) is 20.6. The third-order valence-electron chi connectivity index (χ3n) is 5.99. The first-order chi connectivity index (χ1) is 16.6. The molecule has 0 aliphatic heterocycles. The summed E-state index contributed by atoms with van der Waals surface area (Å²) in [5.74, 6) is 1.31. The van der Waals surface area contributed by atoms with Crippen molar-refractivity contribution in [3.63, 3.8) is 0 Å². The molecule has 0 N–H and O–H groups in total. The van der Waals surface area contributed by atoms with E-state index in [0.717, 1.165) is 46.6 Å². The average molecular weight is 462 g/mol. The second-order valence-corrected chi connectivity index (χ2v) is 8.35. The molecule has 3 aromatic rings. The highest BCUT2D eigenvalue weighted by atomic mass is 16.5. The van der Waals surface area contributed by atoms with E-state index in [1.165, 1.54) is 7.11 Å². The highest BCUT2D eigenvalue weighted by molar-refractivity contribution is 5.76. The van der Waals surface area contributed by atoms with Gasteiger partial charge in [-0.2, -0.15) is 0 Å². The second kappa shape index (κ2) is 12.8. The van der Waals surface area contributed by atoms with Gasteiger partial charge in [0.1, 0.15) is 17.5 Å². The largest absolute Gasteiger partial charge is 0.496 e. The Morgan fingerprint density at radius 1 is 0.794 bits per heavy atom. The van der Waals surface area contributed by atoms with E-state index in [0.29, 0.717) is 19.5 Å². The normalized spacial score (nSPS) is 11.8. The molecule has 0 spiro atoms. The van der Waals surface area contributed by atoms with E-state index in [1.807, 2.05) is 48.5 Å². The lowest BCUT2D eigenvalue weighted by Gasteiger charge is -2.31. The summed E-state index contributed by atoms with van der Waals surface area (Å²) >= 11 is 0. The van der Waals surface area contributed by atoms with E-state index in [-0.39, 0.29) is 5.97 Å². The number of methoxy groups -OCH3 is 3. The van der Waals surface area contributed by atoms with Gasteiger partial charge in [-0.3, -0.25) is 9.69 Å². The van der Waals surface area contributed by atoms with E-state index in [1.54, 1.807) is 14.2 Å². The van der Waals surface area contributed by atoms with Crippen LogP contribution in [0, 0.1) is 0 Å². The number of rotatable bonds is 12. The molecule has 180 valence electrons. The number of aryl methyl sites for hydroxylation is 1. The van der Waals surface area contributed by atoms with Crippen LogP contribution in [0.4, 0.5) is 0 Å². The number of ether oxygens (including phenoxy) is 3. The topological polar surface area (TPSA) is 48.0 Å². The molecule has 0 aliphatic rings. The van der Waals surface area contributed by atoms with Crippen LogP contribution in [0.5, 0.6) is 11.5 Å². The summed E-state index contributed by atoms with van der Waals surface area (Å²) in [5.41, 5.74) is 4.29.